The molecule has 22 heavy (non-hydrogen) atoms. The monoisotopic (exact) mass is 316 g/mol. The number of para-hydroxylation sites is 1. The Labute approximate surface area is 129 Å². The number of hydrogen-bond donors (Lipinski definition) is 1. The van der Waals surface area contributed by atoms with Gasteiger partial charge in [-0.2, -0.15) is 0 Å². The number of halogens is 2. The third-order valence-corrected chi connectivity index (χ3v) is 4.00. The van der Waals surface area contributed by atoms with Crippen LogP contribution in [-0.2, 0) is 4.79 Å². The highest BCUT2D eigenvalue weighted by molar-refractivity contribution is 8.19. The van der Waals surface area contributed by atoms with Crippen LogP contribution in [-0.4, -0.2) is 11.1 Å². The summed E-state index contributed by atoms with van der Waals surface area (Å²) in [6, 6.07) is 11.8. The molecule has 1 aliphatic heterocycles. The molecule has 0 unspecified atom stereocenters. The zero-order valence-electron chi connectivity index (χ0n) is 11.2. The maximum atomic E-state index is 13.8. The molecule has 0 aromatic heterocycles. The van der Waals surface area contributed by atoms with Crippen molar-refractivity contribution in [2.24, 2.45) is 0 Å². The minimum atomic E-state index is -0.589. The molecule has 3 nitrogen and oxygen atoms in total. The number of hydrogen-bond acceptors (Lipinski definition) is 3. The largest absolute Gasteiger partial charge is 0.278 e. The van der Waals surface area contributed by atoms with Crippen LogP contribution in [0.5, 0.6) is 0 Å². The minimum absolute atomic E-state index is 0.0157. The molecule has 6 heteroatoms. The number of anilines is 1. The standard InChI is InChI=1S/C16H10F2N2OS/c17-11-6-2-1-5-10(11)9-14-15(21)20(16(19)22-14)13-8-4-3-7-12(13)18/h1-9,19H/b14-9-,19-16?. The number of carbonyl (C=O) groups excluding carboxylic acids is 1. The van der Waals surface area contributed by atoms with Crippen molar-refractivity contribution in [3.8, 4) is 0 Å². The number of rotatable bonds is 2. The van der Waals surface area contributed by atoms with Gasteiger partial charge in [0.15, 0.2) is 5.17 Å². The van der Waals surface area contributed by atoms with Crippen molar-refractivity contribution in [3.05, 3.63) is 70.6 Å². The van der Waals surface area contributed by atoms with Crippen LogP contribution in [0.25, 0.3) is 6.08 Å². The maximum absolute atomic E-state index is 13.8. The summed E-state index contributed by atoms with van der Waals surface area (Å²) in [5.74, 6) is -1.59. The highest BCUT2D eigenvalue weighted by Gasteiger charge is 2.35. The molecule has 0 radical (unpaired) electrons. The van der Waals surface area contributed by atoms with Gasteiger partial charge in [0.1, 0.15) is 11.6 Å². The Balaban J connectivity index is 1.99. The van der Waals surface area contributed by atoms with Gasteiger partial charge >= 0.3 is 0 Å². The van der Waals surface area contributed by atoms with Gasteiger partial charge < -0.3 is 0 Å². The van der Waals surface area contributed by atoms with E-state index in [-0.39, 0.29) is 21.3 Å². The summed E-state index contributed by atoms with van der Waals surface area (Å²) in [7, 11) is 0. The molecule has 0 atom stereocenters. The van der Waals surface area contributed by atoms with Crippen LogP contribution in [0.4, 0.5) is 14.5 Å². The highest BCUT2D eigenvalue weighted by Crippen LogP contribution is 2.36. The fraction of sp³-hybridized carbons (Fsp3) is 0. The minimum Gasteiger partial charge on any atom is -0.278 e. The topological polar surface area (TPSA) is 44.2 Å². The smallest absolute Gasteiger partial charge is 0.271 e. The van der Waals surface area contributed by atoms with E-state index >= 15 is 0 Å². The summed E-state index contributed by atoms with van der Waals surface area (Å²) < 4.78 is 27.5. The predicted molar refractivity (Wildman–Crippen MR) is 83.6 cm³/mol. The van der Waals surface area contributed by atoms with E-state index < -0.39 is 17.5 Å². The van der Waals surface area contributed by atoms with Crippen molar-refractivity contribution in [2.45, 2.75) is 0 Å². The Morgan fingerprint density at radius 1 is 1.00 bits per heavy atom. The lowest BCUT2D eigenvalue weighted by Crippen LogP contribution is -2.28. The van der Waals surface area contributed by atoms with E-state index in [1.807, 2.05) is 0 Å². The number of nitrogens with zero attached hydrogens (tertiary/aromatic N) is 1. The number of benzene rings is 2. The molecular weight excluding hydrogens is 306 g/mol. The van der Waals surface area contributed by atoms with Crippen LogP contribution in [0.1, 0.15) is 5.56 Å². The Morgan fingerprint density at radius 2 is 1.64 bits per heavy atom. The van der Waals surface area contributed by atoms with Gasteiger partial charge in [0.05, 0.1) is 10.6 Å². The lowest BCUT2D eigenvalue weighted by molar-refractivity contribution is -0.113. The molecule has 0 spiro atoms. The van der Waals surface area contributed by atoms with E-state index in [9.17, 15) is 13.6 Å². The fourth-order valence-electron chi connectivity index (χ4n) is 2.07. The predicted octanol–water partition coefficient (Wildman–Crippen LogP) is 4.02. The van der Waals surface area contributed by atoms with Gasteiger partial charge in [0, 0.05) is 5.56 Å². The molecule has 1 fully saturated rings. The van der Waals surface area contributed by atoms with Gasteiger partial charge in [-0.15, -0.1) is 0 Å². The number of carbonyl (C=O) groups is 1. The molecule has 0 bridgehead atoms. The van der Waals surface area contributed by atoms with Crippen molar-refractivity contribution in [1.82, 2.24) is 0 Å². The molecule has 0 aliphatic carbocycles. The van der Waals surface area contributed by atoms with Gasteiger partial charge in [-0.25, -0.2) is 8.78 Å². The average molecular weight is 316 g/mol. The van der Waals surface area contributed by atoms with E-state index in [1.165, 1.54) is 36.4 Å². The average Bonchev–Trinajstić information content (AvgIpc) is 2.77. The third kappa shape index (κ3) is 2.53. The normalized spacial score (nSPS) is 16.6. The molecule has 3 rings (SSSR count). The molecule has 2 aromatic carbocycles. The van der Waals surface area contributed by atoms with E-state index in [2.05, 4.69) is 0 Å². The summed E-state index contributed by atoms with van der Waals surface area (Å²) >= 11 is 0.876. The van der Waals surface area contributed by atoms with E-state index in [4.69, 9.17) is 5.41 Å². The van der Waals surface area contributed by atoms with Crippen LogP contribution in [0.3, 0.4) is 0 Å². The van der Waals surface area contributed by atoms with Crippen LogP contribution in [0, 0.1) is 17.0 Å². The SMILES string of the molecule is N=C1S/C(=C\c2ccccc2F)C(=O)N1c1ccccc1F. The van der Waals surface area contributed by atoms with Crippen LogP contribution in [0.15, 0.2) is 53.4 Å². The summed E-state index contributed by atoms with van der Waals surface area (Å²) in [4.78, 5) is 13.5. The Bertz CT molecular complexity index is 804. The molecule has 1 heterocycles. The van der Waals surface area contributed by atoms with E-state index in [1.54, 1.807) is 18.2 Å². The second kappa shape index (κ2) is 5.73. The van der Waals surface area contributed by atoms with Crippen molar-refractivity contribution in [1.29, 1.82) is 5.41 Å². The Hall–Kier alpha value is -2.47. The van der Waals surface area contributed by atoms with E-state index in [0.717, 1.165) is 16.7 Å². The first kappa shape index (κ1) is 14.5. The van der Waals surface area contributed by atoms with Crippen LogP contribution >= 0.6 is 11.8 Å². The number of nitrogens with one attached hydrogen (secondary N) is 1. The summed E-state index contributed by atoms with van der Waals surface area (Å²) in [5, 5.41) is 7.77. The maximum Gasteiger partial charge on any atom is 0.271 e. The Morgan fingerprint density at radius 3 is 2.32 bits per heavy atom. The first-order chi connectivity index (χ1) is 10.6. The first-order valence-corrected chi connectivity index (χ1v) is 7.21. The highest BCUT2D eigenvalue weighted by atomic mass is 32.2. The molecule has 0 saturated carbocycles. The van der Waals surface area contributed by atoms with Gasteiger partial charge in [0.25, 0.3) is 5.91 Å². The molecule has 2 aromatic rings. The van der Waals surface area contributed by atoms with Crippen molar-refractivity contribution in [3.63, 3.8) is 0 Å². The molecule has 1 saturated heterocycles. The second-order valence-electron chi connectivity index (χ2n) is 4.53. The quantitative estimate of drug-likeness (QED) is 0.851. The lowest BCUT2D eigenvalue weighted by Gasteiger charge is -2.14. The van der Waals surface area contributed by atoms with E-state index in [0.29, 0.717) is 0 Å². The third-order valence-electron chi connectivity index (χ3n) is 3.11. The summed E-state index contributed by atoms with van der Waals surface area (Å²) in [6.07, 6.45) is 1.37. The second-order valence-corrected chi connectivity index (χ2v) is 5.56. The first-order valence-electron chi connectivity index (χ1n) is 6.39. The van der Waals surface area contributed by atoms with Gasteiger partial charge in [0.2, 0.25) is 0 Å². The molecule has 1 aliphatic rings. The number of thioether (sulfide) groups is 1. The fourth-order valence-corrected chi connectivity index (χ4v) is 2.92. The van der Waals surface area contributed by atoms with Crippen LogP contribution in [0.2, 0.25) is 0 Å². The van der Waals surface area contributed by atoms with Gasteiger partial charge in [-0.3, -0.25) is 15.1 Å². The van der Waals surface area contributed by atoms with Crippen molar-refractivity contribution in [2.75, 3.05) is 4.90 Å². The summed E-state index contributed by atoms with van der Waals surface area (Å²) in [5.41, 5.74) is 0.267. The molecule has 1 amide bonds. The summed E-state index contributed by atoms with van der Waals surface area (Å²) in [6.45, 7) is 0. The molecular formula is C16H10F2N2OS. The zero-order valence-corrected chi connectivity index (χ0v) is 12.0. The number of amidine groups is 1. The van der Waals surface area contributed by atoms with Gasteiger partial charge in [-0.05, 0) is 36.0 Å². The Kier molecular flexibility index (Phi) is 3.77. The molecule has 110 valence electrons. The van der Waals surface area contributed by atoms with Crippen molar-refractivity contribution >= 4 is 34.6 Å². The molecule has 1 N–H and O–H groups in total. The number of amides is 1. The van der Waals surface area contributed by atoms with Crippen LogP contribution < -0.4 is 4.90 Å². The van der Waals surface area contributed by atoms with Gasteiger partial charge in [-0.1, -0.05) is 30.3 Å². The lowest BCUT2D eigenvalue weighted by atomic mass is 10.2. The zero-order chi connectivity index (χ0) is 15.7. The van der Waals surface area contributed by atoms with Crippen molar-refractivity contribution < 1.29 is 13.6 Å².